The number of rotatable bonds is 5. The average molecular weight is 214 g/mol. The predicted octanol–water partition coefficient (Wildman–Crippen LogP) is 0.391. The Kier molecular flexibility index (Phi) is 4.11. The lowest BCUT2D eigenvalue weighted by Gasteiger charge is -2.38. The summed E-state index contributed by atoms with van der Waals surface area (Å²) in [5, 5.41) is 11.8. The molecular weight excluding hydrogens is 192 g/mol. The average Bonchev–Trinajstić information content (AvgIpc) is 2.13. The van der Waals surface area contributed by atoms with Gasteiger partial charge in [0.1, 0.15) is 0 Å². The van der Waals surface area contributed by atoms with E-state index in [1.807, 2.05) is 13.8 Å². The summed E-state index contributed by atoms with van der Waals surface area (Å²) in [4.78, 5) is 11.8. The van der Waals surface area contributed by atoms with E-state index in [4.69, 9.17) is 10.8 Å². The summed E-state index contributed by atoms with van der Waals surface area (Å²) in [6, 6.07) is 0.0310. The fourth-order valence-electron chi connectivity index (χ4n) is 1.81. The molecule has 88 valence electrons. The van der Waals surface area contributed by atoms with Crippen molar-refractivity contribution in [2.75, 3.05) is 6.61 Å². The first-order valence-corrected chi connectivity index (χ1v) is 5.70. The second-order valence-corrected chi connectivity index (χ2v) is 4.85. The topological polar surface area (TPSA) is 75.3 Å². The second-order valence-electron chi connectivity index (χ2n) is 4.85. The van der Waals surface area contributed by atoms with E-state index < -0.39 is 5.54 Å². The molecule has 0 spiro atoms. The Morgan fingerprint density at radius 2 is 2.13 bits per heavy atom. The predicted molar refractivity (Wildman–Crippen MR) is 59.2 cm³/mol. The number of carbonyl (C=O) groups is 1. The van der Waals surface area contributed by atoms with Gasteiger partial charge in [0.15, 0.2) is 0 Å². The number of aliphatic hydroxyl groups is 1. The summed E-state index contributed by atoms with van der Waals surface area (Å²) >= 11 is 0. The van der Waals surface area contributed by atoms with Crippen molar-refractivity contribution in [1.29, 1.82) is 0 Å². The highest BCUT2D eigenvalue weighted by Crippen LogP contribution is 2.29. The summed E-state index contributed by atoms with van der Waals surface area (Å²) in [6.45, 7) is 4.16. The van der Waals surface area contributed by atoms with E-state index in [9.17, 15) is 4.79 Å². The third-order valence-corrected chi connectivity index (χ3v) is 3.26. The Balaban J connectivity index is 2.46. The molecule has 1 rings (SSSR count). The third kappa shape index (κ3) is 2.92. The molecule has 1 atom stereocenters. The van der Waals surface area contributed by atoms with Crippen LogP contribution in [0.1, 0.15) is 39.5 Å². The van der Waals surface area contributed by atoms with Crippen LogP contribution in [0, 0.1) is 5.92 Å². The fourth-order valence-corrected chi connectivity index (χ4v) is 1.81. The first-order valence-electron chi connectivity index (χ1n) is 5.70. The van der Waals surface area contributed by atoms with E-state index in [0.717, 1.165) is 19.3 Å². The van der Waals surface area contributed by atoms with Gasteiger partial charge in [-0.1, -0.05) is 13.8 Å². The molecule has 4 heteroatoms. The Hall–Kier alpha value is -0.610. The normalized spacial score (nSPS) is 20.9. The zero-order valence-electron chi connectivity index (χ0n) is 9.62. The van der Waals surface area contributed by atoms with Crippen LogP contribution in [0.2, 0.25) is 0 Å². The number of nitrogens with one attached hydrogen (secondary N) is 1. The maximum absolute atomic E-state index is 11.8. The summed E-state index contributed by atoms with van der Waals surface area (Å²) in [6.07, 6.45) is 3.20. The molecule has 15 heavy (non-hydrogen) atoms. The quantitative estimate of drug-likeness (QED) is 0.619. The van der Waals surface area contributed by atoms with Gasteiger partial charge in [-0.25, -0.2) is 0 Å². The van der Waals surface area contributed by atoms with Crippen LogP contribution in [0.3, 0.4) is 0 Å². The van der Waals surface area contributed by atoms with Gasteiger partial charge < -0.3 is 16.2 Å². The summed E-state index contributed by atoms with van der Waals surface area (Å²) in [5.74, 6) is 0.269. The molecule has 4 nitrogen and oxygen atoms in total. The van der Waals surface area contributed by atoms with Crippen LogP contribution in [-0.4, -0.2) is 29.2 Å². The second kappa shape index (κ2) is 4.94. The fraction of sp³-hybridized carbons (Fsp3) is 0.909. The number of amides is 1. The van der Waals surface area contributed by atoms with Gasteiger partial charge in [0.05, 0.1) is 5.54 Å². The van der Waals surface area contributed by atoms with Crippen LogP contribution < -0.4 is 11.1 Å². The SMILES string of the molecule is CC(C)C(CCO)NC(=O)C1(N)CCC1. The summed E-state index contributed by atoms with van der Waals surface area (Å²) < 4.78 is 0. The molecule has 0 aromatic carbocycles. The monoisotopic (exact) mass is 214 g/mol. The Morgan fingerprint density at radius 1 is 1.53 bits per heavy atom. The molecule has 0 bridgehead atoms. The maximum Gasteiger partial charge on any atom is 0.240 e. The van der Waals surface area contributed by atoms with Crippen LogP contribution in [0.4, 0.5) is 0 Å². The van der Waals surface area contributed by atoms with Crippen molar-refractivity contribution >= 4 is 5.91 Å². The number of hydrogen-bond acceptors (Lipinski definition) is 3. The van der Waals surface area contributed by atoms with Crippen molar-refractivity contribution in [3.63, 3.8) is 0 Å². The van der Waals surface area contributed by atoms with E-state index >= 15 is 0 Å². The van der Waals surface area contributed by atoms with E-state index in [0.29, 0.717) is 12.3 Å². The van der Waals surface area contributed by atoms with Crippen LogP contribution in [0.25, 0.3) is 0 Å². The van der Waals surface area contributed by atoms with Gasteiger partial charge in [0.25, 0.3) is 0 Å². The van der Waals surface area contributed by atoms with Gasteiger partial charge in [-0.15, -0.1) is 0 Å². The lowest BCUT2D eigenvalue weighted by molar-refractivity contribution is -0.130. The van der Waals surface area contributed by atoms with E-state index in [1.165, 1.54) is 0 Å². The molecule has 0 aliphatic heterocycles. The minimum atomic E-state index is -0.636. The summed E-state index contributed by atoms with van der Waals surface area (Å²) in [5.41, 5.74) is 5.28. The minimum Gasteiger partial charge on any atom is -0.396 e. The van der Waals surface area contributed by atoms with Gasteiger partial charge in [-0.3, -0.25) is 4.79 Å². The Morgan fingerprint density at radius 3 is 2.47 bits per heavy atom. The maximum atomic E-state index is 11.8. The van der Waals surface area contributed by atoms with E-state index in [2.05, 4.69) is 5.32 Å². The Bertz CT molecular complexity index is 225. The van der Waals surface area contributed by atoms with E-state index in [-0.39, 0.29) is 18.6 Å². The zero-order valence-corrected chi connectivity index (χ0v) is 9.62. The van der Waals surface area contributed by atoms with Gasteiger partial charge in [-0.05, 0) is 31.6 Å². The van der Waals surface area contributed by atoms with Gasteiger partial charge in [0, 0.05) is 12.6 Å². The molecule has 1 aliphatic carbocycles. The van der Waals surface area contributed by atoms with Crippen LogP contribution >= 0.6 is 0 Å². The number of nitrogens with two attached hydrogens (primary N) is 1. The molecule has 0 heterocycles. The van der Waals surface area contributed by atoms with E-state index in [1.54, 1.807) is 0 Å². The van der Waals surface area contributed by atoms with Crippen molar-refractivity contribution < 1.29 is 9.90 Å². The lowest BCUT2D eigenvalue weighted by atomic mass is 9.76. The molecule has 4 N–H and O–H groups in total. The molecule has 1 aliphatic rings. The van der Waals surface area contributed by atoms with Crippen molar-refractivity contribution in [2.24, 2.45) is 11.7 Å². The third-order valence-electron chi connectivity index (χ3n) is 3.26. The van der Waals surface area contributed by atoms with Gasteiger partial charge >= 0.3 is 0 Å². The molecule has 1 saturated carbocycles. The number of hydrogen-bond donors (Lipinski definition) is 3. The highest BCUT2D eigenvalue weighted by atomic mass is 16.3. The first kappa shape index (κ1) is 12.5. The smallest absolute Gasteiger partial charge is 0.240 e. The minimum absolute atomic E-state index is 0.0310. The largest absolute Gasteiger partial charge is 0.396 e. The molecule has 1 unspecified atom stereocenters. The number of carbonyl (C=O) groups excluding carboxylic acids is 1. The highest BCUT2D eigenvalue weighted by molar-refractivity contribution is 5.87. The first-order chi connectivity index (χ1) is 6.99. The van der Waals surface area contributed by atoms with Crippen LogP contribution in [0.5, 0.6) is 0 Å². The van der Waals surface area contributed by atoms with Gasteiger partial charge in [0.2, 0.25) is 5.91 Å². The highest BCUT2D eigenvalue weighted by Gasteiger charge is 2.40. The van der Waals surface area contributed by atoms with Crippen molar-refractivity contribution in [3.8, 4) is 0 Å². The Labute approximate surface area is 91.2 Å². The number of aliphatic hydroxyl groups excluding tert-OH is 1. The molecule has 0 radical (unpaired) electrons. The lowest BCUT2D eigenvalue weighted by Crippen LogP contribution is -2.60. The van der Waals surface area contributed by atoms with Crippen LogP contribution in [-0.2, 0) is 4.79 Å². The zero-order chi connectivity index (χ0) is 11.5. The molecular formula is C11H22N2O2. The standard InChI is InChI=1S/C11H22N2O2/c1-8(2)9(4-7-14)13-10(15)11(12)5-3-6-11/h8-9,14H,3-7,12H2,1-2H3,(H,13,15). The van der Waals surface area contributed by atoms with Crippen LogP contribution in [0.15, 0.2) is 0 Å². The molecule has 0 aromatic heterocycles. The molecule has 1 amide bonds. The van der Waals surface area contributed by atoms with Crippen molar-refractivity contribution in [1.82, 2.24) is 5.32 Å². The van der Waals surface area contributed by atoms with Crippen molar-refractivity contribution in [2.45, 2.75) is 51.1 Å². The van der Waals surface area contributed by atoms with Crippen molar-refractivity contribution in [3.05, 3.63) is 0 Å². The molecule has 0 saturated heterocycles. The summed E-state index contributed by atoms with van der Waals surface area (Å²) in [7, 11) is 0. The molecule has 0 aromatic rings. The van der Waals surface area contributed by atoms with Gasteiger partial charge in [-0.2, -0.15) is 0 Å². The molecule has 1 fully saturated rings.